The number of hydrazone groups is 1. The summed E-state index contributed by atoms with van der Waals surface area (Å²) in [7, 11) is 0. The summed E-state index contributed by atoms with van der Waals surface area (Å²) in [5.41, 5.74) is 4.52. The van der Waals surface area contributed by atoms with Crippen LogP contribution < -0.4 is 10.2 Å². The Bertz CT molecular complexity index is 1490. The predicted molar refractivity (Wildman–Crippen MR) is 161 cm³/mol. The summed E-state index contributed by atoms with van der Waals surface area (Å²) in [6.45, 7) is 4.00. The lowest BCUT2D eigenvalue weighted by Gasteiger charge is -2.38. The van der Waals surface area contributed by atoms with E-state index in [0.717, 1.165) is 22.5 Å². The fraction of sp³-hybridized carbons (Fsp3) is 0.120. The zero-order valence-electron chi connectivity index (χ0n) is 19.7. The second-order valence-electron chi connectivity index (χ2n) is 8.19. The average molecular weight is 565 g/mol. The minimum atomic E-state index is -0.594. The summed E-state index contributed by atoms with van der Waals surface area (Å²) in [6, 6.07) is 22.2. The van der Waals surface area contributed by atoms with E-state index in [1.807, 2.05) is 73.3 Å². The molecule has 2 heterocycles. The van der Waals surface area contributed by atoms with Crippen LogP contribution in [0.3, 0.4) is 0 Å². The third-order valence-electron chi connectivity index (χ3n) is 5.72. The van der Waals surface area contributed by atoms with Crippen LogP contribution in [0.25, 0.3) is 0 Å². The monoisotopic (exact) mass is 564 g/mol. The molecule has 0 radical (unpaired) electrons. The summed E-state index contributed by atoms with van der Waals surface area (Å²) >= 11 is 14.2. The Morgan fingerprint density at radius 3 is 2.54 bits per heavy atom. The van der Waals surface area contributed by atoms with Crippen LogP contribution in [0, 0.1) is 24.0 Å². The van der Waals surface area contributed by atoms with E-state index >= 15 is 0 Å². The van der Waals surface area contributed by atoms with E-state index in [2.05, 4.69) is 5.32 Å². The second kappa shape index (κ2) is 10.6. The SMILES string of the molecule is Cc1ccccc1NC(=S)SC1=NN2C(=S)N(c3ccccc3C)C(c3cccc([N+](=O)[O-])c3)N=C2S1. The number of nitro groups is 1. The van der Waals surface area contributed by atoms with Crippen LogP contribution in [0.15, 0.2) is 82.9 Å². The van der Waals surface area contributed by atoms with Crippen molar-refractivity contribution < 1.29 is 4.92 Å². The lowest BCUT2D eigenvalue weighted by atomic mass is 10.1. The molecule has 0 saturated carbocycles. The standard InChI is InChI=1S/C25H20N6O2S4/c1-15-8-3-5-12-19(15)26-23(34)37-24-28-30-22(36-24)27-21(17-10-7-11-18(14-17)31(32)33)29(25(30)35)20-13-6-4-9-16(20)2/h3-14,21H,1-2H3,(H,26,34). The van der Waals surface area contributed by atoms with E-state index in [4.69, 9.17) is 34.5 Å². The Labute approximate surface area is 233 Å². The zero-order valence-corrected chi connectivity index (χ0v) is 23.0. The van der Waals surface area contributed by atoms with Crippen LogP contribution in [0.4, 0.5) is 17.1 Å². The van der Waals surface area contributed by atoms with E-state index in [-0.39, 0.29) is 5.69 Å². The maximum absolute atomic E-state index is 11.5. The van der Waals surface area contributed by atoms with Gasteiger partial charge < -0.3 is 5.32 Å². The number of hydrogen-bond acceptors (Lipinski definition) is 8. The lowest BCUT2D eigenvalue weighted by Crippen LogP contribution is -2.47. The first kappa shape index (κ1) is 25.3. The van der Waals surface area contributed by atoms with Gasteiger partial charge in [0.05, 0.1) is 4.92 Å². The Hall–Kier alpha value is -3.32. The van der Waals surface area contributed by atoms with Gasteiger partial charge in [0.2, 0.25) is 5.11 Å². The molecule has 0 amide bonds. The minimum absolute atomic E-state index is 0.00465. The molecule has 1 atom stereocenters. The first-order valence-electron chi connectivity index (χ1n) is 11.1. The molecular formula is C25H20N6O2S4. The summed E-state index contributed by atoms with van der Waals surface area (Å²) in [6.07, 6.45) is -0.594. The van der Waals surface area contributed by atoms with Crippen LogP contribution in [0.1, 0.15) is 22.9 Å². The summed E-state index contributed by atoms with van der Waals surface area (Å²) in [5, 5.41) is 22.1. The molecule has 0 fully saturated rings. The van der Waals surface area contributed by atoms with Gasteiger partial charge in [-0.25, -0.2) is 4.99 Å². The van der Waals surface area contributed by atoms with Gasteiger partial charge in [-0.15, -0.1) is 5.10 Å². The van der Waals surface area contributed by atoms with Crippen LogP contribution >= 0.6 is 48.0 Å². The number of amidine groups is 1. The van der Waals surface area contributed by atoms with Gasteiger partial charge in [-0.2, -0.15) is 5.01 Å². The van der Waals surface area contributed by atoms with Gasteiger partial charge in [0.1, 0.15) is 4.32 Å². The van der Waals surface area contributed by atoms with Gasteiger partial charge >= 0.3 is 0 Å². The van der Waals surface area contributed by atoms with Gasteiger partial charge in [-0.3, -0.25) is 15.0 Å². The molecule has 3 aromatic carbocycles. The highest BCUT2D eigenvalue weighted by Crippen LogP contribution is 2.41. The first-order chi connectivity index (χ1) is 17.8. The van der Waals surface area contributed by atoms with Crippen molar-refractivity contribution in [1.82, 2.24) is 5.01 Å². The molecule has 1 unspecified atom stereocenters. The van der Waals surface area contributed by atoms with Crippen molar-refractivity contribution in [2.75, 3.05) is 10.2 Å². The summed E-state index contributed by atoms with van der Waals surface area (Å²) in [4.78, 5) is 17.9. The van der Waals surface area contributed by atoms with Gasteiger partial charge in [0.25, 0.3) is 5.69 Å². The predicted octanol–water partition coefficient (Wildman–Crippen LogP) is 6.82. The van der Waals surface area contributed by atoms with Crippen molar-refractivity contribution in [3.63, 3.8) is 0 Å². The molecule has 0 aromatic heterocycles. The van der Waals surface area contributed by atoms with E-state index in [1.165, 1.54) is 35.7 Å². The van der Waals surface area contributed by atoms with E-state index in [1.54, 1.807) is 11.1 Å². The Morgan fingerprint density at radius 2 is 1.81 bits per heavy atom. The molecule has 186 valence electrons. The Kier molecular flexibility index (Phi) is 7.24. The van der Waals surface area contributed by atoms with Crippen LogP contribution in [0.2, 0.25) is 0 Å². The fourth-order valence-corrected chi connectivity index (χ4v) is 6.52. The number of anilines is 2. The second-order valence-corrected chi connectivity index (χ2v) is 11.4. The summed E-state index contributed by atoms with van der Waals surface area (Å²) < 4.78 is 1.23. The van der Waals surface area contributed by atoms with Crippen LogP contribution in [-0.2, 0) is 0 Å². The maximum atomic E-state index is 11.5. The number of para-hydroxylation sites is 2. The van der Waals surface area contributed by atoms with Crippen LogP contribution in [-0.4, -0.2) is 28.9 Å². The third-order valence-corrected chi connectivity index (χ3v) is 8.20. The molecular weight excluding hydrogens is 545 g/mol. The maximum Gasteiger partial charge on any atom is 0.269 e. The van der Waals surface area contributed by atoms with Crippen molar-refractivity contribution in [3.05, 3.63) is 99.6 Å². The average Bonchev–Trinajstić information content (AvgIpc) is 3.29. The first-order valence-corrected chi connectivity index (χ1v) is 13.6. The molecule has 8 nitrogen and oxygen atoms in total. The van der Waals surface area contributed by atoms with E-state index in [0.29, 0.717) is 24.5 Å². The highest BCUT2D eigenvalue weighted by atomic mass is 32.2. The molecule has 1 N–H and O–H groups in total. The molecule has 0 saturated heterocycles. The van der Waals surface area contributed by atoms with Crippen molar-refractivity contribution >= 4 is 84.0 Å². The normalized spacial score (nSPS) is 16.7. The lowest BCUT2D eigenvalue weighted by molar-refractivity contribution is -0.384. The molecule has 0 aliphatic carbocycles. The summed E-state index contributed by atoms with van der Waals surface area (Å²) in [5.74, 6) is 0. The molecule has 0 spiro atoms. The van der Waals surface area contributed by atoms with Crippen molar-refractivity contribution in [2.24, 2.45) is 10.1 Å². The highest BCUT2D eigenvalue weighted by Gasteiger charge is 2.40. The number of nitrogens with one attached hydrogen (secondary N) is 1. The number of hydrogen-bond donors (Lipinski definition) is 1. The smallest absolute Gasteiger partial charge is 0.269 e. The van der Waals surface area contributed by atoms with Crippen LogP contribution in [0.5, 0.6) is 0 Å². The Morgan fingerprint density at radius 1 is 1.08 bits per heavy atom. The number of nitro benzene ring substituents is 1. The molecule has 37 heavy (non-hydrogen) atoms. The zero-order chi connectivity index (χ0) is 26.1. The number of thioether (sulfide) groups is 2. The van der Waals surface area contributed by atoms with E-state index in [9.17, 15) is 10.1 Å². The number of aryl methyl sites for hydroxylation is 2. The van der Waals surface area contributed by atoms with Gasteiger partial charge in [-0.1, -0.05) is 60.7 Å². The largest absolute Gasteiger partial charge is 0.341 e. The quantitative estimate of drug-likeness (QED) is 0.208. The molecule has 12 heteroatoms. The molecule has 3 aromatic rings. The van der Waals surface area contributed by atoms with Gasteiger partial charge in [-0.05, 0) is 72.8 Å². The molecule has 0 bridgehead atoms. The van der Waals surface area contributed by atoms with Crippen molar-refractivity contribution in [2.45, 2.75) is 20.0 Å². The molecule has 5 rings (SSSR count). The molecule has 2 aliphatic rings. The fourth-order valence-electron chi connectivity index (χ4n) is 3.90. The molecule has 2 aliphatic heterocycles. The number of aliphatic imine (C=N–C) groups is 1. The minimum Gasteiger partial charge on any atom is -0.341 e. The number of benzene rings is 3. The number of non-ortho nitro benzene ring substituents is 1. The highest BCUT2D eigenvalue weighted by molar-refractivity contribution is 8.52. The van der Waals surface area contributed by atoms with Crippen molar-refractivity contribution in [1.29, 1.82) is 0 Å². The van der Waals surface area contributed by atoms with E-state index < -0.39 is 11.1 Å². The number of rotatable bonds is 4. The van der Waals surface area contributed by atoms with Gasteiger partial charge in [0.15, 0.2) is 15.7 Å². The third kappa shape index (κ3) is 5.23. The topological polar surface area (TPSA) is 86.4 Å². The van der Waals surface area contributed by atoms with Crippen molar-refractivity contribution in [3.8, 4) is 0 Å². The number of nitrogens with zero attached hydrogens (tertiary/aromatic N) is 5. The Balaban J connectivity index is 1.47. The van der Waals surface area contributed by atoms with Gasteiger partial charge in [0, 0.05) is 29.1 Å². The number of fused-ring (bicyclic) bond motifs is 1. The number of thiocarbonyl (C=S) groups is 2.